The number of carbonyl (C=O) groups is 1. The fourth-order valence-electron chi connectivity index (χ4n) is 2.95. The molecule has 1 aliphatic rings. The van der Waals surface area contributed by atoms with E-state index < -0.39 is 5.97 Å². The van der Waals surface area contributed by atoms with Crippen LogP contribution in [0.15, 0.2) is 18.2 Å². The van der Waals surface area contributed by atoms with Gasteiger partial charge in [-0.2, -0.15) is 0 Å². The third-order valence-electron chi connectivity index (χ3n) is 4.07. The zero-order valence-electron chi connectivity index (χ0n) is 12.0. The zero-order valence-corrected chi connectivity index (χ0v) is 12.0. The Morgan fingerprint density at radius 1 is 1.29 bits per heavy atom. The van der Waals surface area contributed by atoms with Crippen LogP contribution >= 0.6 is 0 Å². The molecule has 1 saturated heterocycles. The third-order valence-corrected chi connectivity index (χ3v) is 4.07. The quantitative estimate of drug-likeness (QED) is 0.870. The number of likely N-dealkylation sites (tertiary alicyclic amines) is 1. The smallest absolute Gasteiger partial charge is 0.335 e. The van der Waals surface area contributed by atoms with Crippen LogP contribution in [-0.4, -0.2) is 46.5 Å². The normalized spacial score (nSPS) is 16.4. The number of nitrogens with zero attached hydrogens (tertiary/aromatic N) is 3. The van der Waals surface area contributed by atoms with E-state index in [1.807, 2.05) is 4.57 Å². The molecule has 0 saturated carbocycles. The Labute approximate surface area is 125 Å². The predicted molar refractivity (Wildman–Crippen MR) is 81.6 cm³/mol. The van der Waals surface area contributed by atoms with E-state index in [0.717, 1.165) is 36.5 Å². The van der Waals surface area contributed by atoms with Crippen LogP contribution in [0.2, 0.25) is 0 Å². The second-order valence-corrected chi connectivity index (χ2v) is 5.48. The molecule has 0 bridgehead atoms. The number of rotatable bonds is 4. The molecule has 1 N–H and O–H groups in total. The van der Waals surface area contributed by atoms with Crippen LogP contribution in [0.3, 0.4) is 0 Å². The van der Waals surface area contributed by atoms with E-state index in [2.05, 4.69) is 9.88 Å². The Bertz CT molecular complexity index is 662. The van der Waals surface area contributed by atoms with Crippen molar-refractivity contribution >= 4 is 24.8 Å². The Balaban J connectivity index is 1.96. The van der Waals surface area contributed by atoms with Gasteiger partial charge in [-0.1, -0.05) is 6.42 Å². The fourth-order valence-corrected chi connectivity index (χ4v) is 2.95. The van der Waals surface area contributed by atoms with Gasteiger partial charge in [-0.25, -0.2) is 9.78 Å². The van der Waals surface area contributed by atoms with Crippen LogP contribution in [-0.2, 0) is 13.0 Å². The van der Waals surface area contributed by atoms with E-state index in [4.69, 9.17) is 13.0 Å². The van der Waals surface area contributed by atoms with Gasteiger partial charge in [0.2, 0.25) is 0 Å². The van der Waals surface area contributed by atoms with Gasteiger partial charge in [-0.05, 0) is 50.6 Å². The Hall–Kier alpha value is -1.82. The highest BCUT2D eigenvalue weighted by Gasteiger charge is 2.16. The molecule has 2 radical (unpaired) electrons. The number of hydrogen-bond acceptors (Lipinski definition) is 3. The molecular weight excluding hydrogens is 265 g/mol. The second kappa shape index (κ2) is 5.89. The fraction of sp³-hybridized carbons (Fsp3) is 0.467. The maximum absolute atomic E-state index is 11.1. The number of aromatic carboxylic acids is 1. The number of piperidine rings is 1. The second-order valence-electron chi connectivity index (χ2n) is 5.48. The van der Waals surface area contributed by atoms with Crippen molar-refractivity contribution in [2.24, 2.45) is 0 Å². The largest absolute Gasteiger partial charge is 0.478 e. The first-order valence-corrected chi connectivity index (χ1v) is 7.34. The maximum atomic E-state index is 11.1. The van der Waals surface area contributed by atoms with Crippen molar-refractivity contribution in [1.29, 1.82) is 0 Å². The highest BCUT2D eigenvalue weighted by molar-refractivity contribution is 6.07. The van der Waals surface area contributed by atoms with Crippen LogP contribution in [0, 0.1) is 0 Å². The van der Waals surface area contributed by atoms with E-state index in [0.29, 0.717) is 6.44 Å². The zero-order chi connectivity index (χ0) is 14.8. The Morgan fingerprint density at radius 2 is 2.05 bits per heavy atom. The minimum atomic E-state index is -0.931. The van der Waals surface area contributed by atoms with Crippen molar-refractivity contribution in [3.63, 3.8) is 0 Å². The molecule has 6 heteroatoms. The standard InChI is InChI=1S/C15H18BN3O2/c16-10-19-13-8-11(15(20)21)4-5-12(13)17-14(19)9-18-6-2-1-3-7-18/h4-5,8H,1-3,6-7,9-10H2,(H,20,21). The molecule has 1 aromatic heterocycles. The Kier molecular flexibility index (Phi) is 3.97. The van der Waals surface area contributed by atoms with Crippen LogP contribution in [0.1, 0.15) is 35.4 Å². The minimum Gasteiger partial charge on any atom is -0.478 e. The van der Waals surface area contributed by atoms with E-state index in [1.54, 1.807) is 18.2 Å². The third kappa shape index (κ3) is 2.81. The van der Waals surface area contributed by atoms with Crippen molar-refractivity contribution < 1.29 is 9.90 Å². The number of aromatic nitrogens is 2. The predicted octanol–water partition coefficient (Wildman–Crippen LogP) is 1.85. The van der Waals surface area contributed by atoms with Gasteiger partial charge in [0.25, 0.3) is 0 Å². The first kappa shape index (κ1) is 14.1. The van der Waals surface area contributed by atoms with Crippen LogP contribution < -0.4 is 0 Å². The van der Waals surface area contributed by atoms with Crippen LogP contribution in [0.25, 0.3) is 11.0 Å². The summed E-state index contributed by atoms with van der Waals surface area (Å²) in [5.41, 5.74) is 1.86. The lowest BCUT2D eigenvalue weighted by Crippen LogP contribution is -2.30. The highest BCUT2D eigenvalue weighted by atomic mass is 16.4. The number of carboxylic acids is 1. The van der Waals surface area contributed by atoms with Crippen molar-refractivity contribution in [1.82, 2.24) is 14.5 Å². The van der Waals surface area contributed by atoms with Gasteiger partial charge in [0, 0.05) is 0 Å². The highest BCUT2D eigenvalue weighted by Crippen LogP contribution is 2.20. The SMILES string of the molecule is [B]Cn1c(CN2CCCCC2)nc2ccc(C(=O)O)cc21. The van der Waals surface area contributed by atoms with E-state index in [-0.39, 0.29) is 5.56 Å². The average molecular weight is 283 g/mol. The minimum absolute atomic E-state index is 0.265. The summed E-state index contributed by atoms with van der Waals surface area (Å²) in [6.07, 6.45) is 4.06. The molecule has 0 unspecified atom stereocenters. The molecule has 0 amide bonds. The maximum Gasteiger partial charge on any atom is 0.335 e. The monoisotopic (exact) mass is 283 g/mol. The molecule has 2 heterocycles. The van der Waals surface area contributed by atoms with Gasteiger partial charge in [0.05, 0.1) is 31.0 Å². The summed E-state index contributed by atoms with van der Waals surface area (Å²) in [4.78, 5) is 18.1. The molecule has 1 aliphatic heterocycles. The van der Waals surface area contributed by atoms with E-state index in [9.17, 15) is 4.79 Å². The van der Waals surface area contributed by atoms with Gasteiger partial charge >= 0.3 is 5.97 Å². The molecule has 0 spiro atoms. The van der Waals surface area contributed by atoms with E-state index >= 15 is 0 Å². The molecule has 5 nitrogen and oxygen atoms in total. The van der Waals surface area contributed by atoms with E-state index in [1.165, 1.54) is 19.3 Å². The van der Waals surface area contributed by atoms with Gasteiger partial charge in [-0.15, -0.1) is 0 Å². The first-order chi connectivity index (χ1) is 10.2. The summed E-state index contributed by atoms with van der Waals surface area (Å²) < 4.78 is 1.91. The van der Waals surface area contributed by atoms with Gasteiger partial charge in [-0.3, -0.25) is 4.90 Å². The molecule has 2 aromatic rings. The number of fused-ring (bicyclic) bond motifs is 1. The topological polar surface area (TPSA) is 58.4 Å². The molecule has 3 rings (SSSR count). The molecule has 0 atom stereocenters. The van der Waals surface area contributed by atoms with Crippen molar-refractivity contribution in [3.05, 3.63) is 29.6 Å². The summed E-state index contributed by atoms with van der Waals surface area (Å²) in [5.74, 6) is -0.0174. The number of hydrogen-bond donors (Lipinski definition) is 1. The summed E-state index contributed by atoms with van der Waals surface area (Å²) >= 11 is 0. The lowest BCUT2D eigenvalue weighted by atomic mass is 10.1. The molecule has 0 aliphatic carbocycles. The van der Waals surface area contributed by atoms with Crippen LogP contribution in [0.5, 0.6) is 0 Å². The molecule has 108 valence electrons. The molecule has 1 aromatic carbocycles. The van der Waals surface area contributed by atoms with Gasteiger partial charge in [0.1, 0.15) is 5.82 Å². The summed E-state index contributed by atoms with van der Waals surface area (Å²) in [7, 11) is 5.85. The number of carboxylic acid groups (broad SMARTS) is 1. The molecule has 21 heavy (non-hydrogen) atoms. The summed E-state index contributed by atoms with van der Waals surface area (Å²) in [6.45, 7) is 2.95. The number of benzene rings is 1. The van der Waals surface area contributed by atoms with Gasteiger partial charge in [0.15, 0.2) is 0 Å². The average Bonchev–Trinajstić information content (AvgIpc) is 2.84. The van der Waals surface area contributed by atoms with Crippen molar-refractivity contribution in [2.75, 3.05) is 13.1 Å². The lowest BCUT2D eigenvalue weighted by Gasteiger charge is -2.26. The first-order valence-electron chi connectivity index (χ1n) is 7.34. The number of imidazole rings is 1. The lowest BCUT2D eigenvalue weighted by molar-refractivity contribution is 0.0697. The molecule has 1 fully saturated rings. The van der Waals surface area contributed by atoms with Crippen LogP contribution in [0.4, 0.5) is 0 Å². The van der Waals surface area contributed by atoms with Crippen molar-refractivity contribution in [2.45, 2.75) is 32.3 Å². The van der Waals surface area contributed by atoms with Gasteiger partial charge < -0.3 is 9.67 Å². The summed E-state index contributed by atoms with van der Waals surface area (Å²) in [5, 5.41) is 9.11. The molecular formula is C15H18BN3O2. The Morgan fingerprint density at radius 3 is 2.71 bits per heavy atom. The van der Waals surface area contributed by atoms with Crippen molar-refractivity contribution in [3.8, 4) is 0 Å². The summed E-state index contributed by atoms with van der Waals surface area (Å²) in [6, 6.07) is 4.99.